The smallest absolute Gasteiger partial charge is 0.265 e. The second-order valence-electron chi connectivity index (χ2n) is 6.82. The maximum Gasteiger partial charge on any atom is 0.265 e. The zero-order valence-electron chi connectivity index (χ0n) is 17.5. The average molecular weight is 427 g/mol. The zero-order valence-corrected chi connectivity index (χ0v) is 17.5. The van der Waals surface area contributed by atoms with E-state index in [1.807, 2.05) is 6.92 Å². The van der Waals surface area contributed by atoms with Crippen molar-refractivity contribution >= 4 is 29.1 Å². The average Bonchev–Trinajstić information content (AvgIpc) is 2.78. The lowest BCUT2D eigenvalue weighted by Crippen LogP contribution is -2.45. The van der Waals surface area contributed by atoms with Gasteiger partial charge < -0.3 is 24.8 Å². The number of nitrogens with zero attached hydrogens (tertiary/aromatic N) is 1. The summed E-state index contributed by atoms with van der Waals surface area (Å²) in [7, 11) is 1.55. The van der Waals surface area contributed by atoms with E-state index in [1.165, 1.54) is 4.90 Å². The number of benzene rings is 2. The molecule has 9 nitrogen and oxygen atoms in total. The molecule has 0 unspecified atom stereocenters. The van der Waals surface area contributed by atoms with Gasteiger partial charge in [-0.05, 0) is 36.8 Å². The van der Waals surface area contributed by atoms with E-state index in [4.69, 9.17) is 14.2 Å². The molecule has 1 aliphatic rings. The molecule has 2 aromatic carbocycles. The Morgan fingerprint density at radius 2 is 1.94 bits per heavy atom. The van der Waals surface area contributed by atoms with Crippen LogP contribution in [0.2, 0.25) is 0 Å². The summed E-state index contributed by atoms with van der Waals surface area (Å²) in [5.41, 5.74) is 0.879. The number of rotatable bonds is 9. The summed E-state index contributed by atoms with van der Waals surface area (Å²) in [6, 6.07) is 11.8. The molecule has 0 spiro atoms. The normalized spacial score (nSPS) is 12.5. The maximum atomic E-state index is 12.3. The first kappa shape index (κ1) is 21.9. The van der Waals surface area contributed by atoms with Crippen molar-refractivity contribution in [3.63, 3.8) is 0 Å². The van der Waals surface area contributed by atoms with Crippen LogP contribution in [0.3, 0.4) is 0 Å². The van der Waals surface area contributed by atoms with Gasteiger partial charge in [0.15, 0.2) is 13.2 Å². The fourth-order valence-corrected chi connectivity index (χ4v) is 2.95. The van der Waals surface area contributed by atoms with E-state index in [1.54, 1.807) is 49.6 Å². The molecule has 1 aliphatic heterocycles. The summed E-state index contributed by atoms with van der Waals surface area (Å²) in [5, 5.41) is 5.47. The molecule has 1 heterocycles. The SMILES string of the molecule is CCCNC(=O)CN1C(=O)COc2ccc(NC(=O)COc3cccc(OC)c3)cc21. The Balaban J connectivity index is 1.65. The molecule has 0 bridgehead atoms. The van der Waals surface area contributed by atoms with Gasteiger partial charge in [-0.3, -0.25) is 19.3 Å². The van der Waals surface area contributed by atoms with E-state index >= 15 is 0 Å². The van der Waals surface area contributed by atoms with Crippen LogP contribution in [0, 0.1) is 0 Å². The van der Waals surface area contributed by atoms with Gasteiger partial charge in [-0.15, -0.1) is 0 Å². The van der Waals surface area contributed by atoms with Crippen LogP contribution in [-0.4, -0.2) is 51.1 Å². The van der Waals surface area contributed by atoms with Gasteiger partial charge in [0.1, 0.15) is 23.8 Å². The van der Waals surface area contributed by atoms with Crippen molar-refractivity contribution < 1.29 is 28.6 Å². The first-order valence-corrected chi connectivity index (χ1v) is 9.90. The molecule has 0 saturated carbocycles. The molecule has 3 rings (SSSR count). The molecule has 3 amide bonds. The van der Waals surface area contributed by atoms with Gasteiger partial charge in [0.2, 0.25) is 5.91 Å². The summed E-state index contributed by atoms with van der Waals surface area (Å²) < 4.78 is 16.1. The molecule has 9 heteroatoms. The maximum absolute atomic E-state index is 12.3. The molecule has 164 valence electrons. The summed E-state index contributed by atoms with van der Waals surface area (Å²) in [6.45, 7) is 2.01. The second kappa shape index (κ2) is 10.3. The van der Waals surface area contributed by atoms with Crippen molar-refractivity contribution in [1.29, 1.82) is 0 Å². The lowest BCUT2D eigenvalue weighted by Gasteiger charge is -2.29. The Bertz CT molecular complexity index is 962. The van der Waals surface area contributed by atoms with E-state index in [0.717, 1.165) is 6.42 Å². The van der Waals surface area contributed by atoms with Crippen LogP contribution < -0.4 is 29.7 Å². The molecular formula is C22H25N3O6. The number of carbonyl (C=O) groups is 3. The standard InChI is InChI=1S/C22H25N3O6/c1-3-9-23-20(26)12-25-18-10-15(7-8-19(18)31-14-22(25)28)24-21(27)13-30-17-6-4-5-16(11-17)29-2/h4-8,10-11H,3,9,12-14H2,1-2H3,(H,23,26)(H,24,27). The second-order valence-corrected chi connectivity index (χ2v) is 6.82. The van der Waals surface area contributed by atoms with Crippen LogP contribution in [0.25, 0.3) is 0 Å². The number of hydrogen-bond donors (Lipinski definition) is 2. The number of methoxy groups -OCH3 is 1. The molecule has 2 aromatic rings. The minimum Gasteiger partial charge on any atom is -0.497 e. The van der Waals surface area contributed by atoms with Gasteiger partial charge in [0.05, 0.1) is 12.8 Å². The predicted octanol–water partition coefficient (Wildman–Crippen LogP) is 1.96. The van der Waals surface area contributed by atoms with Gasteiger partial charge in [-0.25, -0.2) is 0 Å². The lowest BCUT2D eigenvalue weighted by molar-refractivity contribution is -0.125. The third-order valence-corrected chi connectivity index (χ3v) is 4.47. The van der Waals surface area contributed by atoms with Crippen LogP contribution in [0.1, 0.15) is 13.3 Å². The number of carbonyl (C=O) groups excluding carboxylic acids is 3. The van der Waals surface area contributed by atoms with E-state index < -0.39 is 0 Å². The number of nitrogens with one attached hydrogen (secondary N) is 2. The Morgan fingerprint density at radius 1 is 1.13 bits per heavy atom. The van der Waals surface area contributed by atoms with E-state index in [2.05, 4.69) is 10.6 Å². The summed E-state index contributed by atoms with van der Waals surface area (Å²) >= 11 is 0. The minimum atomic E-state index is -0.377. The topological polar surface area (TPSA) is 106 Å². The molecule has 2 N–H and O–H groups in total. The zero-order chi connectivity index (χ0) is 22.2. The Kier molecular flexibility index (Phi) is 7.31. The third kappa shape index (κ3) is 5.88. The number of fused-ring (bicyclic) bond motifs is 1. The lowest BCUT2D eigenvalue weighted by atomic mass is 10.2. The van der Waals surface area contributed by atoms with Crippen molar-refractivity contribution in [2.45, 2.75) is 13.3 Å². The number of ether oxygens (including phenoxy) is 3. The monoisotopic (exact) mass is 427 g/mol. The molecule has 0 fully saturated rings. The molecule has 31 heavy (non-hydrogen) atoms. The van der Waals surface area contributed by atoms with Crippen molar-refractivity contribution in [1.82, 2.24) is 5.32 Å². The number of amides is 3. The van der Waals surface area contributed by atoms with E-state index in [-0.39, 0.29) is 37.5 Å². The highest BCUT2D eigenvalue weighted by Gasteiger charge is 2.27. The molecule has 0 aromatic heterocycles. The molecule has 0 aliphatic carbocycles. The highest BCUT2D eigenvalue weighted by Crippen LogP contribution is 2.34. The number of anilines is 2. The molecule has 0 atom stereocenters. The van der Waals surface area contributed by atoms with Gasteiger partial charge in [0, 0.05) is 18.3 Å². The molecular weight excluding hydrogens is 402 g/mol. The van der Waals surface area contributed by atoms with E-state index in [9.17, 15) is 14.4 Å². The van der Waals surface area contributed by atoms with Crippen molar-refractivity contribution in [2.24, 2.45) is 0 Å². The molecule has 0 radical (unpaired) electrons. The quantitative estimate of drug-likeness (QED) is 0.634. The van der Waals surface area contributed by atoms with Gasteiger partial charge >= 0.3 is 0 Å². The van der Waals surface area contributed by atoms with Crippen LogP contribution in [0.4, 0.5) is 11.4 Å². The Morgan fingerprint density at radius 3 is 2.71 bits per heavy atom. The van der Waals surface area contributed by atoms with Crippen molar-refractivity contribution in [3.8, 4) is 17.2 Å². The Labute approximate surface area is 180 Å². The fraction of sp³-hybridized carbons (Fsp3) is 0.318. The summed E-state index contributed by atoms with van der Waals surface area (Å²) in [5.74, 6) is 0.628. The highest BCUT2D eigenvalue weighted by molar-refractivity contribution is 6.03. The van der Waals surface area contributed by atoms with Crippen LogP contribution >= 0.6 is 0 Å². The first-order valence-electron chi connectivity index (χ1n) is 9.90. The highest BCUT2D eigenvalue weighted by atomic mass is 16.5. The van der Waals surface area contributed by atoms with Crippen LogP contribution in [-0.2, 0) is 14.4 Å². The fourth-order valence-electron chi connectivity index (χ4n) is 2.95. The largest absolute Gasteiger partial charge is 0.497 e. The van der Waals surface area contributed by atoms with Gasteiger partial charge in [-0.2, -0.15) is 0 Å². The summed E-state index contributed by atoms with van der Waals surface area (Å²) in [4.78, 5) is 38.1. The summed E-state index contributed by atoms with van der Waals surface area (Å²) in [6.07, 6.45) is 0.799. The first-order chi connectivity index (χ1) is 15.0. The van der Waals surface area contributed by atoms with Gasteiger partial charge in [-0.1, -0.05) is 13.0 Å². The van der Waals surface area contributed by atoms with Crippen LogP contribution in [0.5, 0.6) is 17.2 Å². The molecule has 0 saturated heterocycles. The predicted molar refractivity (Wildman–Crippen MR) is 115 cm³/mol. The third-order valence-electron chi connectivity index (χ3n) is 4.47. The van der Waals surface area contributed by atoms with E-state index in [0.29, 0.717) is 35.2 Å². The van der Waals surface area contributed by atoms with Crippen molar-refractivity contribution in [3.05, 3.63) is 42.5 Å². The van der Waals surface area contributed by atoms with Crippen molar-refractivity contribution in [2.75, 3.05) is 43.6 Å². The van der Waals surface area contributed by atoms with Crippen LogP contribution in [0.15, 0.2) is 42.5 Å². The minimum absolute atomic E-state index is 0.119. The number of hydrogen-bond acceptors (Lipinski definition) is 6. The Hall–Kier alpha value is -3.75. The van der Waals surface area contributed by atoms with Gasteiger partial charge in [0.25, 0.3) is 11.8 Å².